The molecule has 1 saturated carbocycles. The molecule has 5 heteroatoms. The fraction of sp³-hybridized carbons (Fsp3) is 0.467. The second-order valence-corrected chi connectivity index (χ2v) is 5.61. The van der Waals surface area contributed by atoms with E-state index in [2.05, 4.69) is 5.32 Å². The summed E-state index contributed by atoms with van der Waals surface area (Å²) in [7, 11) is 0. The van der Waals surface area contributed by atoms with Crippen LogP contribution in [0.2, 0.25) is 0 Å². The van der Waals surface area contributed by atoms with E-state index in [1.807, 2.05) is 24.3 Å². The largest absolute Gasteiger partial charge is 0.328 e. The van der Waals surface area contributed by atoms with Gasteiger partial charge in [0.15, 0.2) is 0 Å². The molecule has 20 heavy (non-hydrogen) atoms. The lowest BCUT2D eigenvalue weighted by atomic mass is 9.85. The Morgan fingerprint density at radius 2 is 2.10 bits per heavy atom. The number of hydrogen-bond donors (Lipinski definition) is 2. The van der Waals surface area contributed by atoms with Crippen LogP contribution in [0, 0.1) is 5.92 Å². The Morgan fingerprint density at radius 1 is 1.30 bits per heavy atom. The predicted octanol–water partition coefficient (Wildman–Crippen LogP) is 1.49. The van der Waals surface area contributed by atoms with Crippen molar-refractivity contribution in [1.29, 1.82) is 0 Å². The number of hydrogen-bond acceptors (Lipinski definition) is 3. The molecule has 1 aromatic rings. The van der Waals surface area contributed by atoms with Crippen molar-refractivity contribution in [1.82, 2.24) is 0 Å². The summed E-state index contributed by atoms with van der Waals surface area (Å²) in [6.07, 6.45) is 3.56. The molecule has 2 aliphatic rings. The van der Waals surface area contributed by atoms with Crippen LogP contribution in [0.25, 0.3) is 0 Å². The number of nitrogens with zero attached hydrogens (tertiary/aromatic N) is 1. The number of carbonyl (C=O) groups is 2. The van der Waals surface area contributed by atoms with Crippen LogP contribution < -0.4 is 16.0 Å². The fourth-order valence-corrected chi connectivity index (χ4v) is 3.10. The molecule has 1 heterocycles. The van der Waals surface area contributed by atoms with Crippen molar-refractivity contribution in [2.75, 3.05) is 16.8 Å². The highest BCUT2D eigenvalue weighted by Gasteiger charge is 2.33. The number of fused-ring (bicyclic) bond motifs is 1. The van der Waals surface area contributed by atoms with Crippen molar-refractivity contribution in [3.8, 4) is 0 Å². The first-order valence-corrected chi connectivity index (χ1v) is 7.11. The molecule has 3 N–H and O–H groups in total. The van der Waals surface area contributed by atoms with Crippen LogP contribution in [-0.4, -0.2) is 24.4 Å². The molecule has 0 aromatic heterocycles. The number of anilines is 2. The highest BCUT2D eigenvalue weighted by molar-refractivity contribution is 6.10. The predicted molar refractivity (Wildman–Crippen MR) is 77.4 cm³/mol. The van der Waals surface area contributed by atoms with E-state index in [0.717, 1.165) is 31.4 Å². The lowest BCUT2D eigenvalue weighted by molar-refractivity contribution is -0.125. The molecule has 1 fully saturated rings. The van der Waals surface area contributed by atoms with Gasteiger partial charge in [-0.25, -0.2) is 0 Å². The number of nitrogens with two attached hydrogens (primary N) is 1. The quantitative estimate of drug-likeness (QED) is 0.814. The Labute approximate surface area is 118 Å². The van der Waals surface area contributed by atoms with Crippen LogP contribution in [0.4, 0.5) is 11.4 Å². The highest BCUT2D eigenvalue weighted by Crippen LogP contribution is 2.32. The van der Waals surface area contributed by atoms with Gasteiger partial charge in [-0.3, -0.25) is 9.59 Å². The SMILES string of the molecule is NC1CCCC(C(=O)N2CC(=O)Nc3ccccc32)C1. The molecule has 5 nitrogen and oxygen atoms in total. The van der Waals surface area contributed by atoms with Crippen molar-refractivity contribution >= 4 is 23.2 Å². The van der Waals surface area contributed by atoms with Gasteiger partial charge in [0.1, 0.15) is 6.54 Å². The summed E-state index contributed by atoms with van der Waals surface area (Å²) < 4.78 is 0. The average Bonchev–Trinajstić information content (AvgIpc) is 2.45. The summed E-state index contributed by atoms with van der Waals surface area (Å²) in [5.41, 5.74) is 7.46. The van der Waals surface area contributed by atoms with E-state index in [4.69, 9.17) is 5.73 Å². The molecule has 1 aliphatic heterocycles. The molecular weight excluding hydrogens is 254 g/mol. The summed E-state index contributed by atoms with van der Waals surface area (Å²) >= 11 is 0. The molecule has 2 atom stereocenters. The van der Waals surface area contributed by atoms with Crippen molar-refractivity contribution in [3.63, 3.8) is 0 Å². The summed E-state index contributed by atoms with van der Waals surface area (Å²) in [6, 6.07) is 7.52. The first-order valence-electron chi connectivity index (χ1n) is 7.11. The van der Waals surface area contributed by atoms with Gasteiger partial charge >= 0.3 is 0 Å². The molecule has 106 valence electrons. The minimum Gasteiger partial charge on any atom is -0.328 e. The number of amides is 2. The second kappa shape index (κ2) is 5.25. The summed E-state index contributed by atoms with van der Waals surface area (Å²) in [5.74, 6) is -0.169. The molecule has 1 aliphatic carbocycles. The van der Waals surface area contributed by atoms with Gasteiger partial charge in [-0.15, -0.1) is 0 Å². The van der Waals surface area contributed by atoms with E-state index < -0.39 is 0 Å². The molecule has 0 bridgehead atoms. The van der Waals surface area contributed by atoms with Crippen LogP contribution in [-0.2, 0) is 9.59 Å². The van der Waals surface area contributed by atoms with E-state index in [1.54, 1.807) is 4.90 Å². The van der Waals surface area contributed by atoms with Crippen LogP contribution in [0.1, 0.15) is 25.7 Å². The lowest BCUT2D eigenvalue weighted by Gasteiger charge is -2.34. The fourth-order valence-electron chi connectivity index (χ4n) is 3.10. The molecule has 3 rings (SSSR count). The highest BCUT2D eigenvalue weighted by atomic mass is 16.2. The number of nitrogens with one attached hydrogen (secondary N) is 1. The zero-order valence-electron chi connectivity index (χ0n) is 11.3. The zero-order chi connectivity index (χ0) is 14.1. The first-order chi connectivity index (χ1) is 9.65. The maximum Gasteiger partial charge on any atom is 0.244 e. The minimum atomic E-state index is -0.142. The molecule has 0 saturated heterocycles. The Kier molecular flexibility index (Phi) is 3.44. The first kappa shape index (κ1) is 13.1. The van der Waals surface area contributed by atoms with E-state index in [9.17, 15) is 9.59 Å². The normalized spacial score (nSPS) is 25.9. The molecule has 2 unspecified atom stereocenters. The molecule has 0 radical (unpaired) electrons. The van der Waals surface area contributed by atoms with Crippen molar-refractivity contribution in [3.05, 3.63) is 24.3 Å². The smallest absolute Gasteiger partial charge is 0.244 e. The van der Waals surface area contributed by atoms with Crippen LogP contribution in [0.5, 0.6) is 0 Å². The van der Waals surface area contributed by atoms with Crippen molar-refractivity contribution in [2.45, 2.75) is 31.7 Å². The van der Waals surface area contributed by atoms with E-state index in [1.165, 1.54) is 0 Å². The van der Waals surface area contributed by atoms with Gasteiger partial charge in [-0.1, -0.05) is 18.6 Å². The maximum absolute atomic E-state index is 12.7. The van der Waals surface area contributed by atoms with E-state index >= 15 is 0 Å². The molecule has 2 amide bonds. The van der Waals surface area contributed by atoms with E-state index in [0.29, 0.717) is 5.69 Å². The van der Waals surface area contributed by atoms with E-state index in [-0.39, 0.29) is 30.3 Å². The Bertz CT molecular complexity index is 544. The zero-order valence-corrected chi connectivity index (χ0v) is 11.3. The van der Waals surface area contributed by atoms with Gasteiger partial charge < -0.3 is 16.0 Å². The van der Waals surface area contributed by atoms with Crippen LogP contribution in [0.3, 0.4) is 0 Å². The van der Waals surface area contributed by atoms with Crippen molar-refractivity contribution in [2.24, 2.45) is 11.7 Å². The number of carbonyl (C=O) groups excluding carboxylic acids is 2. The average molecular weight is 273 g/mol. The third-order valence-corrected chi connectivity index (χ3v) is 4.10. The number of benzene rings is 1. The summed E-state index contributed by atoms with van der Waals surface area (Å²) in [5, 5.41) is 2.80. The molecule has 1 aromatic carbocycles. The minimum absolute atomic E-state index is 0.0300. The Hall–Kier alpha value is -1.88. The molecular formula is C15H19N3O2. The monoisotopic (exact) mass is 273 g/mol. The lowest BCUT2D eigenvalue weighted by Crippen LogP contribution is -2.46. The van der Waals surface area contributed by atoms with Crippen LogP contribution >= 0.6 is 0 Å². The van der Waals surface area contributed by atoms with Gasteiger partial charge in [0.25, 0.3) is 0 Å². The van der Waals surface area contributed by atoms with Gasteiger partial charge in [0, 0.05) is 12.0 Å². The number of para-hydroxylation sites is 2. The summed E-state index contributed by atoms with van der Waals surface area (Å²) in [6.45, 7) is 0.0988. The second-order valence-electron chi connectivity index (χ2n) is 5.61. The van der Waals surface area contributed by atoms with Gasteiger partial charge in [0.05, 0.1) is 11.4 Å². The topological polar surface area (TPSA) is 75.4 Å². The maximum atomic E-state index is 12.7. The summed E-state index contributed by atoms with van der Waals surface area (Å²) in [4.78, 5) is 26.1. The van der Waals surface area contributed by atoms with Gasteiger partial charge in [-0.2, -0.15) is 0 Å². The third-order valence-electron chi connectivity index (χ3n) is 4.10. The number of rotatable bonds is 1. The van der Waals surface area contributed by atoms with Crippen molar-refractivity contribution < 1.29 is 9.59 Å². The van der Waals surface area contributed by atoms with Gasteiger partial charge in [0.2, 0.25) is 11.8 Å². The Balaban J connectivity index is 1.86. The van der Waals surface area contributed by atoms with Crippen LogP contribution in [0.15, 0.2) is 24.3 Å². The standard InChI is InChI=1S/C15H19N3O2/c16-11-5-3-4-10(8-11)15(20)18-9-14(19)17-12-6-1-2-7-13(12)18/h1-2,6-7,10-11H,3-5,8-9,16H2,(H,17,19). The van der Waals surface area contributed by atoms with Gasteiger partial charge in [-0.05, 0) is 31.4 Å². The molecule has 0 spiro atoms. The third kappa shape index (κ3) is 2.41. The Morgan fingerprint density at radius 3 is 2.90 bits per heavy atom.